The summed E-state index contributed by atoms with van der Waals surface area (Å²) in [6.45, 7) is 4.50. The maximum Gasteiger partial charge on any atom is 0.202 e. The number of rotatable bonds is 5. The molecular weight excluding hydrogens is 524 g/mol. The number of benzene rings is 2. The Kier molecular flexibility index (Phi) is 6.79. The molecule has 0 radical (unpaired) electrons. The van der Waals surface area contributed by atoms with Crippen LogP contribution in [0, 0.1) is 0 Å². The van der Waals surface area contributed by atoms with Crippen molar-refractivity contribution in [2.45, 2.75) is 75.8 Å². The Labute approximate surface area is 230 Å². The Balaban J connectivity index is 1.68. The minimum atomic E-state index is -2.01. The Morgan fingerprint density at radius 2 is 1.73 bits per heavy atom. The van der Waals surface area contributed by atoms with Crippen molar-refractivity contribution in [3.63, 3.8) is 0 Å². The molecule has 4 unspecified atom stereocenters. The molecule has 2 aromatic carbocycles. The molecule has 3 aliphatic rings. The molecule has 2 aliphatic carbocycles. The van der Waals surface area contributed by atoms with E-state index in [0.29, 0.717) is 0 Å². The third-order valence-corrected chi connectivity index (χ3v) is 8.52. The van der Waals surface area contributed by atoms with E-state index in [4.69, 9.17) is 18.9 Å². The molecule has 214 valence electrons. The van der Waals surface area contributed by atoms with Gasteiger partial charge in [-0.1, -0.05) is 12.1 Å². The van der Waals surface area contributed by atoms with Crippen LogP contribution >= 0.6 is 0 Å². The highest BCUT2D eigenvalue weighted by Gasteiger charge is 2.51. The van der Waals surface area contributed by atoms with Crippen LogP contribution in [0.25, 0.3) is 0 Å². The topological polar surface area (TPSA) is 169 Å². The number of carbonyl (C=O) groups is 3. The number of hydrogen-bond acceptors (Lipinski definition) is 11. The number of hydrogen-bond donors (Lipinski definition) is 4. The fourth-order valence-electron chi connectivity index (χ4n) is 6.08. The molecule has 0 saturated carbocycles. The van der Waals surface area contributed by atoms with E-state index in [1.165, 1.54) is 39.3 Å². The van der Waals surface area contributed by atoms with Crippen LogP contribution in [0.3, 0.4) is 0 Å². The minimum absolute atomic E-state index is 0.0149. The molecule has 0 spiro atoms. The second kappa shape index (κ2) is 9.64. The van der Waals surface area contributed by atoms with Gasteiger partial charge in [0.25, 0.3) is 0 Å². The highest BCUT2D eigenvalue weighted by Crippen LogP contribution is 2.52. The van der Waals surface area contributed by atoms with Crippen molar-refractivity contribution in [2.24, 2.45) is 0 Å². The van der Waals surface area contributed by atoms with Crippen LogP contribution in [0.1, 0.15) is 82.7 Å². The van der Waals surface area contributed by atoms with Crippen molar-refractivity contribution >= 4 is 17.3 Å². The number of ketones is 3. The summed E-state index contributed by atoms with van der Waals surface area (Å²) >= 11 is 0. The first-order valence-corrected chi connectivity index (χ1v) is 12.9. The Morgan fingerprint density at radius 1 is 1.05 bits per heavy atom. The lowest BCUT2D eigenvalue weighted by Gasteiger charge is -2.46. The standard InChI is InChI=1S/C29H32O11/c1-12-27(35)28(3,38-5)11-18(39-12)40-17-10-29(36,13(2)30)9-15-20(17)26(34)22-21(24(15)32)23(31)14-7-6-8-16(37-4)19(14)25(22)33/h6-8,12,17-18,27,32,34-36H,9-11H2,1-5H3/t12?,17-,18?,27?,28?,29-/m0/s1. The number of aliphatic hydroxyl groups excluding tert-OH is 1. The van der Waals surface area contributed by atoms with Crippen LogP contribution in [-0.4, -0.2) is 81.7 Å². The summed E-state index contributed by atoms with van der Waals surface area (Å²) < 4.78 is 22.9. The Bertz CT molecular complexity index is 1430. The number of methoxy groups -OCH3 is 2. The van der Waals surface area contributed by atoms with Gasteiger partial charge in [-0.3, -0.25) is 14.4 Å². The number of phenols is 2. The molecule has 2 aromatic rings. The number of aliphatic hydroxyl groups is 2. The first kappa shape index (κ1) is 28.2. The molecule has 0 aromatic heterocycles. The van der Waals surface area contributed by atoms with Gasteiger partial charge in [0.1, 0.15) is 29.0 Å². The second-order valence-electron chi connectivity index (χ2n) is 10.9. The third kappa shape index (κ3) is 4.03. The highest BCUT2D eigenvalue weighted by atomic mass is 16.7. The van der Waals surface area contributed by atoms with Gasteiger partial charge in [-0.15, -0.1) is 0 Å². The Morgan fingerprint density at radius 3 is 2.35 bits per heavy atom. The van der Waals surface area contributed by atoms with Crippen molar-refractivity contribution in [1.29, 1.82) is 0 Å². The molecule has 6 atom stereocenters. The van der Waals surface area contributed by atoms with Gasteiger partial charge >= 0.3 is 0 Å². The molecule has 0 amide bonds. The predicted octanol–water partition coefficient (Wildman–Crippen LogP) is 2.11. The normalized spacial score (nSPS) is 31.3. The summed E-state index contributed by atoms with van der Waals surface area (Å²) in [7, 11) is 2.78. The summed E-state index contributed by atoms with van der Waals surface area (Å²) in [4.78, 5) is 39.8. The summed E-state index contributed by atoms with van der Waals surface area (Å²) in [6, 6.07) is 4.45. The molecule has 11 heteroatoms. The summed E-state index contributed by atoms with van der Waals surface area (Å²) in [5.41, 5.74) is -4.11. The van der Waals surface area contributed by atoms with E-state index < -0.39 is 82.2 Å². The summed E-state index contributed by atoms with van der Waals surface area (Å²) in [5.74, 6) is -3.18. The molecule has 11 nitrogen and oxygen atoms in total. The van der Waals surface area contributed by atoms with Gasteiger partial charge in [-0.05, 0) is 26.8 Å². The van der Waals surface area contributed by atoms with E-state index in [1.54, 1.807) is 13.8 Å². The van der Waals surface area contributed by atoms with E-state index in [2.05, 4.69) is 0 Å². The van der Waals surface area contributed by atoms with Gasteiger partial charge in [-0.25, -0.2) is 0 Å². The van der Waals surface area contributed by atoms with Crippen molar-refractivity contribution < 1.29 is 53.8 Å². The fraction of sp³-hybridized carbons (Fsp3) is 0.483. The van der Waals surface area contributed by atoms with Gasteiger partial charge in [-0.2, -0.15) is 0 Å². The minimum Gasteiger partial charge on any atom is -0.507 e. The molecule has 5 rings (SSSR count). The number of ether oxygens (including phenoxy) is 4. The SMILES string of the molecule is COc1cccc2c1C(=O)c1c(O)c3c(c(O)c1C2=O)C[C@@](O)(C(C)=O)C[C@@H]3OC1CC(C)(OC)C(O)C(C)O1. The average molecular weight is 557 g/mol. The van der Waals surface area contributed by atoms with E-state index >= 15 is 0 Å². The molecule has 0 bridgehead atoms. The number of fused-ring (bicyclic) bond motifs is 3. The lowest BCUT2D eigenvalue weighted by Crippen LogP contribution is -2.56. The van der Waals surface area contributed by atoms with Crippen LogP contribution in [0.5, 0.6) is 17.2 Å². The van der Waals surface area contributed by atoms with Gasteiger partial charge in [0, 0.05) is 43.1 Å². The Hall–Kier alpha value is -3.35. The van der Waals surface area contributed by atoms with Gasteiger partial charge in [0.05, 0.1) is 41.6 Å². The molecular formula is C29H32O11. The smallest absolute Gasteiger partial charge is 0.202 e. The number of carbonyl (C=O) groups excluding carboxylic acids is 3. The third-order valence-electron chi connectivity index (χ3n) is 8.52. The van der Waals surface area contributed by atoms with E-state index in [-0.39, 0.29) is 40.8 Å². The van der Waals surface area contributed by atoms with Crippen LogP contribution in [0.4, 0.5) is 0 Å². The van der Waals surface area contributed by atoms with Crippen LogP contribution < -0.4 is 4.74 Å². The number of aromatic hydroxyl groups is 2. The van der Waals surface area contributed by atoms with Crippen LogP contribution in [-0.2, 0) is 25.4 Å². The van der Waals surface area contributed by atoms with Crippen molar-refractivity contribution in [1.82, 2.24) is 0 Å². The summed E-state index contributed by atoms with van der Waals surface area (Å²) in [5, 5.41) is 44.8. The van der Waals surface area contributed by atoms with Crippen molar-refractivity contribution in [3.05, 3.63) is 51.6 Å². The first-order valence-electron chi connectivity index (χ1n) is 12.9. The second-order valence-corrected chi connectivity index (χ2v) is 10.9. The monoisotopic (exact) mass is 556 g/mol. The largest absolute Gasteiger partial charge is 0.507 e. The van der Waals surface area contributed by atoms with E-state index in [0.717, 1.165) is 0 Å². The fourth-order valence-corrected chi connectivity index (χ4v) is 6.08. The van der Waals surface area contributed by atoms with Gasteiger partial charge < -0.3 is 39.4 Å². The average Bonchev–Trinajstić information content (AvgIpc) is 2.91. The molecule has 1 aliphatic heterocycles. The quantitative estimate of drug-likeness (QED) is 0.340. The maximum atomic E-state index is 13.7. The zero-order valence-electron chi connectivity index (χ0n) is 22.8. The lowest BCUT2D eigenvalue weighted by atomic mass is 9.72. The summed E-state index contributed by atoms with van der Waals surface area (Å²) in [6.07, 6.45) is -4.66. The molecule has 1 heterocycles. The molecule has 1 fully saturated rings. The predicted molar refractivity (Wildman–Crippen MR) is 138 cm³/mol. The first-order chi connectivity index (χ1) is 18.8. The van der Waals surface area contributed by atoms with Crippen LogP contribution in [0.2, 0.25) is 0 Å². The van der Waals surface area contributed by atoms with Crippen molar-refractivity contribution in [3.8, 4) is 17.2 Å². The van der Waals surface area contributed by atoms with Gasteiger partial charge in [0.15, 0.2) is 17.9 Å². The van der Waals surface area contributed by atoms with Gasteiger partial charge in [0.2, 0.25) is 5.78 Å². The highest BCUT2D eigenvalue weighted by molar-refractivity contribution is 6.31. The van der Waals surface area contributed by atoms with E-state index in [1.807, 2.05) is 0 Å². The van der Waals surface area contributed by atoms with Crippen LogP contribution in [0.15, 0.2) is 18.2 Å². The molecule has 4 N–H and O–H groups in total. The number of Topliss-reactive ketones (excluding diaryl/α,β-unsaturated/α-hetero) is 1. The lowest BCUT2D eigenvalue weighted by molar-refractivity contribution is -0.292. The zero-order chi connectivity index (χ0) is 29.3. The zero-order valence-corrected chi connectivity index (χ0v) is 22.8. The van der Waals surface area contributed by atoms with Crippen molar-refractivity contribution in [2.75, 3.05) is 14.2 Å². The molecule has 1 saturated heterocycles. The maximum absolute atomic E-state index is 13.7. The van der Waals surface area contributed by atoms with E-state index in [9.17, 15) is 34.8 Å². The molecule has 40 heavy (non-hydrogen) atoms. The number of phenolic OH excluding ortho intramolecular Hbond substituents is 2.